The summed E-state index contributed by atoms with van der Waals surface area (Å²) in [6.45, 7) is 4.12. The quantitative estimate of drug-likeness (QED) is 0.0449. The monoisotopic (exact) mass is 706 g/mol. The van der Waals surface area contributed by atoms with Crippen molar-refractivity contribution in [2.24, 2.45) is 0 Å². The van der Waals surface area contributed by atoms with Gasteiger partial charge in [-0.2, -0.15) is 0 Å². The Balaban J connectivity index is 3.62. The average Bonchev–Trinajstić information content (AvgIpc) is 3.13. The van der Waals surface area contributed by atoms with E-state index >= 15 is 0 Å². The van der Waals surface area contributed by atoms with Crippen LogP contribution in [-0.4, -0.2) is 34.9 Å². The van der Waals surface area contributed by atoms with Crippen LogP contribution in [0.5, 0.6) is 0 Å². The SMILES string of the molecule is CC/C=C\C/C=C\C/C=C\C/C=C\C/C=C\C/C=C\CCCCCCCCCCCCC(=O)NC(CO)C(O)/C=C/CC/C=C/CCCCCC. The van der Waals surface area contributed by atoms with Gasteiger partial charge in [-0.25, -0.2) is 0 Å². The second-order valence-electron chi connectivity index (χ2n) is 13.7. The van der Waals surface area contributed by atoms with E-state index in [2.05, 4.69) is 104 Å². The van der Waals surface area contributed by atoms with E-state index < -0.39 is 12.1 Å². The molecule has 0 aliphatic carbocycles. The van der Waals surface area contributed by atoms with E-state index in [1.165, 1.54) is 77.0 Å². The van der Waals surface area contributed by atoms with Crippen molar-refractivity contribution in [3.8, 4) is 0 Å². The van der Waals surface area contributed by atoms with Gasteiger partial charge in [0.15, 0.2) is 0 Å². The zero-order chi connectivity index (χ0) is 37.1. The van der Waals surface area contributed by atoms with Gasteiger partial charge in [0, 0.05) is 6.42 Å². The second-order valence-corrected chi connectivity index (χ2v) is 13.7. The smallest absolute Gasteiger partial charge is 0.220 e. The summed E-state index contributed by atoms with van der Waals surface area (Å²) in [5, 5.41) is 22.8. The Hall–Kier alpha value is -2.69. The first-order valence-corrected chi connectivity index (χ1v) is 21.0. The highest BCUT2D eigenvalue weighted by atomic mass is 16.3. The van der Waals surface area contributed by atoms with Crippen LogP contribution >= 0.6 is 0 Å². The summed E-state index contributed by atoms with van der Waals surface area (Å²) >= 11 is 0. The third-order valence-corrected chi connectivity index (χ3v) is 8.80. The van der Waals surface area contributed by atoms with Crippen LogP contribution in [0.4, 0.5) is 0 Å². The minimum absolute atomic E-state index is 0.0866. The molecule has 4 nitrogen and oxygen atoms in total. The highest BCUT2D eigenvalue weighted by molar-refractivity contribution is 5.76. The number of rotatable bonds is 36. The molecule has 51 heavy (non-hydrogen) atoms. The summed E-state index contributed by atoms with van der Waals surface area (Å²) in [5.41, 5.74) is 0. The number of hydrogen-bond acceptors (Lipinski definition) is 3. The van der Waals surface area contributed by atoms with Gasteiger partial charge < -0.3 is 15.5 Å². The van der Waals surface area contributed by atoms with E-state index in [9.17, 15) is 15.0 Å². The first-order chi connectivity index (χ1) is 25.2. The summed E-state index contributed by atoms with van der Waals surface area (Å²) in [7, 11) is 0. The van der Waals surface area contributed by atoms with Gasteiger partial charge in [-0.15, -0.1) is 0 Å². The van der Waals surface area contributed by atoms with Gasteiger partial charge in [0.1, 0.15) is 0 Å². The number of nitrogens with one attached hydrogen (secondary N) is 1. The molecule has 0 aliphatic heterocycles. The van der Waals surface area contributed by atoms with Gasteiger partial charge in [-0.05, 0) is 83.5 Å². The third kappa shape index (κ3) is 38.4. The van der Waals surface area contributed by atoms with Crippen molar-refractivity contribution in [1.82, 2.24) is 5.32 Å². The normalized spacial score (nSPS) is 14.0. The molecule has 0 aromatic heterocycles. The van der Waals surface area contributed by atoms with E-state index in [4.69, 9.17) is 0 Å². The molecule has 0 saturated heterocycles. The van der Waals surface area contributed by atoms with Gasteiger partial charge in [-0.3, -0.25) is 4.79 Å². The summed E-state index contributed by atoms with van der Waals surface area (Å²) in [6, 6.07) is -0.645. The van der Waals surface area contributed by atoms with Crippen LogP contribution < -0.4 is 5.32 Å². The molecule has 0 rings (SSSR count). The average molecular weight is 706 g/mol. The third-order valence-electron chi connectivity index (χ3n) is 8.80. The Morgan fingerprint density at radius 3 is 1.37 bits per heavy atom. The van der Waals surface area contributed by atoms with E-state index in [1.54, 1.807) is 6.08 Å². The summed E-state index contributed by atoms with van der Waals surface area (Å²) in [4.78, 5) is 12.3. The highest BCUT2D eigenvalue weighted by Crippen LogP contribution is 2.13. The number of amides is 1. The van der Waals surface area contributed by atoms with Crippen molar-refractivity contribution in [3.63, 3.8) is 0 Å². The molecule has 0 radical (unpaired) electrons. The van der Waals surface area contributed by atoms with Gasteiger partial charge in [-0.1, -0.05) is 182 Å². The molecular formula is C47H79NO3. The Kier molecular flexibility index (Phi) is 39.5. The molecule has 4 heteroatoms. The lowest BCUT2D eigenvalue weighted by Crippen LogP contribution is -2.45. The number of unbranched alkanes of at least 4 members (excludes halogenated alkanes) is 15. The molecule has 0 saturated carbocycles. The van der Waals surface area contributed by atoms with Crippen molar-refractivity contribution in [2.75, 3.05) is 6.61 Å². The number of carbonyl (C=O) groups excluding carboxylic acids is 1. The fourth-order valence-corrected chi connectivity index (χ4v) is 5.61. The van der Waals surface area contributed by atoms with Crippen LogP contribution in [0.25, 0.3) is 0 Å². The van der Waals surface area contributed by atoms with Crippen molar-refractivity contribution >= 4 is 5.91 Å². The summed E-state index contributed by atoms with van der Waals surface area (Å²) in [6.07, 6.45) is 62.3. The molecule has 1 amide bonds. The molecule has 2 unspecified atom stereocenters. The molecule has 0 spiro atoms. The molecule has 2 atom stereocenters. The van der Waals surface area contributed by atoms with Crippen LogP contribution in [-0.2, 0) is 4.79 Å². The van der Waals surface area contributed by atoms with E-state index in [0.717, 1.165) is 77.0 Å². The molecule has 0 fully saturated rings. The fourth-order valence-electron chi connectivity index (χ4n) is 5.61. The van der Waals surface area contributed by atoms with Gasteiger partial charge >= 0.3 is 0 Å². The lowest BCUT2D eigenvalue weighted by Gasteiger charge is -2.19. The number of aliphatic hydroxyl groups excluding tert-OH is 2. The van der Waals surface area contributed by atoms with Crippen molar-refractivity contribution in [3.05, 3.63) is 97.2 Å². The predicted octanol–water partition coefficient (Wildman–Crippen LogP) is 13.1. The molecule has 0 aromatic carbocycles. The minimum Gasteiger partial charge on any atom is -0.394 e. The maximum Gasteiger partial charge on any atom is 0.220 e. The van der Waals surface area contributed by atoms with Crippen LogP contribution in [0.1, 0.15) is 174 Å². The topological polar surface area (TPSA) is 69.6 Å². The zero-order valence-electron chi connectivity index (χ0n) is 33.1. The molecular weight excluding hydrogens is 627 g/mol. The highest BCUT2D eigenvalue weighted by Gasteiger charge is 2.17. The fraction of sp³-hybridized carbons (Fsp3) is 0.638. The Morgan fingerprint density at radius 2 is 0.882 bits per heavy atom. The number of allylic oxidation sites excluding steroid dienone is 15. The molecule has 0 aromatic rings. The Labute approximate surface area is 315 Å². The first kappa shape index (κ1) is 48.3. The standard InChI is InChI=1S/C47H79NO3/c1-3-5-7-9-11-13-15-16-17-18-19-20-21-22-23-24-25-26-27-28-29-30-31-32-33-35-37-39-41-43-47(51)48-45(44-49)46(50)42-40-38-36-34-14-12-10-8-6-4-2/h5,7,11,13-14,16-17,19-20,22-23,25-26,34,40,42,45-46,49-50H,3-4,6,8-10,12,15,18,21,24,27-33,35-39,41,43-44H2,1-2H3,(H,48,51)/b7-5-,13-11-,17-16-,20-19-,23-22-,26-25-,34-14+,42-40+. The zero-order valence-corrected chi connectivity index (χ0v) is 33.1. The predicted molar refractivity (Wildman–Crippen MR) is 225 cm³/mol. The van der Waals surface area contributed by atoms with Crippen molar-refractivity contribution in [1.29, 1.82) is 0 Å². The lowest BCUT2D eigenvalue weighted by molar-refractivity contribution is -0.123. The maximum absolute atomic E-state index is 12.3. The molecule has 0 bridgehead atoms. The molecule has 3 N–H and O–H groups in total. The number of aliphatic hydroxyl groups is 2. The Bertz CT molecular complexity index is 983. The van der Waals surface area contributed by atoms with Gasteiger partial charge in [0.25, 0.3) is 0 Å². The summed E-state index contributed by atoms with van der Waals surface area (Å²) < 4.78 is 0. The first-order valence-electron chi connectivity index (χ1n) is 21.0. The largest absolute Gasteiger partial charge is 0.394 e. The molecule has 0 heterocycles. The van der Waals surface area contributed by atoms with Gasteiger partial charge in [0.2, 0.25) is 5.91 Å². The van der Waals surface area contributed by atoms with Crippen LogP contribution in [0.3, 0.4) is 0 Å². The van der Waals surface area contributed by atoms with Gasteiger partial charge in [0.05, 0.1) is 18.8 Å². The molecule has 0 aliphatic rings. The van der Waals surface area contributed by atoms with E-state index in [-0.39, 0.29) is 12.5 Å². The molecule has 290 valence electrons. The number of hydrogen-bond donors (Lipinski definition) is 3. The number of carbonyl (C=O) groups is 1. The maximum atomic E-state index is 12.3. The van der Waals surface area contributed by atoms with Crippen molar-refractivity contribution < 1.29 is 15.0 Å². The lowest BCUT2D eigenvalue weighted by atomic mass is 10.0. The summed E-state index contributed by atoms with van der Waals surface area (Å²) in [5.74, 6) is -0.0866. The minimum atomic E-state index is -0.867. The van der Waals surface area contributed by atoms with Crippen LogP contribution in [0.15, 0.2) is 97.2 Å². The van der Waals surface area contributed by atoms with Crippen LogP contribution in [0.2, 0.25) is 0 Å². The Morgan fingerprint density at radius 1 is 0.490 bits per heavy atom. The van der Waals surface area contributed by atoms with E-state index in [1.807, 2.05) is 6.08 Å². The van der Waals surface area contributed by atoms with Crippen molar-refractivity contribution in [2.45, 2.75) is 187 Å². The second kappa shape index (κ2) is 41.7. The van der Waals surface area contributed by atoms with E-state index in [0.29, 0.717) is 6.42 Å². The van der Waals surface area contributed by atoms with Crippen LogP contribution in [0, 0.1) is 0 Å².